The topological polar surface area (TPSA) is 72.7 Å². The Kier molecular flexibility index (Phi) is 6.67. The van der Waals surface area contributed by atoms with Crippen molar-refractivity contribution in [1.29, 1.82) is 0 Å². The number of alkyl halides is 3. The summed E-state index contributed by atoms with van der Waals surface area (Å²) in [5, 5.41) is 14.1. The molecule has 0 saturated carbocycles. The van der Waals surface area contributed by atoms with E-state index in [0.717, 1.165) is 17.8 Å². The van der Waals surface area contributed by atoms with Gasteiger partial charge < -0.3 is 5.32 Å². The summed E-state index contributed by atoms with van der Waals surface area (Å²) in [6.45, 7) is 3.59. The lowest BCUT2D eigenvalue weighted by molar-refractivity contribution is -0.137. The Hall–Kier alpha value is -2.59. The highest BCUT2D eigenvalue weighted by molar-refractivity contribution is 8.00. The van der Waals surface area contributed by atoms with Crippen molar-refractivity contribution < 1.29 is 18.0 Å². The van der Waals surface area contributed by atoms with Gasteiger partial charge in [0.1, 0.15) is 0 Å². The second-order valence-electron chi connectivity index (χ2n) is 6.66. The average molecular weight is 456 g/mol. The minimum absolute atomic E-state index is 0.205. The van der Waals surface area contributed by atoms with Crippen LogP contribution in [0.15, 0.2) is 53.7 Å². The van der Waals surface area contributed by atoms with Crippen LogP contribution in [0.25, 0.3) is 5.69 Å². The number of nitrogens with one attached hydrogen (secondary N) is 1. The van der Waals surface area contributed by atoms with Gasteiger partial charge in [0.2, 0.25) is 11.1 Å². The second-order valence-corrected chi connectivity index (χ2v) is 8.21. The van der Waals surface area contributed by atoms with E-state index < -0.39 is 22.9 Å². The van der Waals surface area contributed by atoms with E-state index in [4.69, 9.17) is 11.6 Å². The third-order valence-corrected chi connectivity index (χ3v) is 5.83. The summed E-state index contributed by atoms with van der Waals surface area (Å²) >= 11 is 6.97. The molecule has 3 aromatic rings. The van der Waals surface area contributed by atoms with Gasteiger partial charge in [-0.25, -0.2) is 0 Å². The molecule has 1 amide bonds. The van der Waals surface area contributed by atoms with E-state index in [1.165, 1.54) is 22.9 Å². The Balaban J connectivity index is 1.84. The van der Waals surface area contributed by atoms with Crippen LogP contribution in [0.4, 0.5) is 18.9 Å². The summed E-state index contributed by atoms with van der Waals surface area (Å²) in [6.07, 6.45) is -4.58. The number of hydrogen-bond donors (Lipinski definition) is 1. The highest BCUT2D eigenvalue weighted by Crippen LogP contribution is 2.35. The molecular formula is C19H17ClF3N5OS. The van der Waals surface area contributed by atoms with Crippen LogP contribution in [-0.2, 0) is 11.0 Å². The summed E-state index contributed by atoms with van der Waals surface area (Å²) in [4.78, 5) is 12.9. The first-order chi connectivity index (χ1) is 14.2. The molecule has 11 heteroatoms. The molecule has 0 fully saturated rings. The SMILES string of the molecule is CC(C)C(Sc1nnnn1-c1ccc(Cl)cc1)C(=O)Nc1ccccc1C(F)(F)F. The van der Waals surface area contributed by atoms with E-state index in [1.807, 2.05) is 0 Å². The smallest absolute Gasteiger partial charge is 0.325 e. The summed E-state index contributed by atoms with van der Waals surface area (Å²) < 4.78 is 41.1. The number of carbonyl (C=O) groups excluding carboxylic acids is 1. The van der Waals surface area contributed by atoms with Crippen LogP contribution in [0.2, 0.25) is 5.02 Å². The Morgan fingerprint density at radius 2 is 1.80 bits per heavy atom. The molecule has 0 saturated heterocycles. The van der Waals surface area contributed by atoms with Gasteiger partial charge in [0.15, 0.2) is 0 Å². The Bertz CT molecular complexity index is 1020. The van der Waals surface area contributed by atoms with Gasteiger partial charge in [-0.2, -0.15) is 17.9 Å². The van der Waals surface area contributed by atoms with Crippen molar-refractivity contribution in [2.45, 2.75) is 30.4 Å². The second kappa shape index (κ2) is 9.05. The molecule has 2 aromatic carbocycles. The quantitative estimate of drug-likeness (QED) is 0.524. The molecule has 1 atom stereocenters. The number of aromatic nitrogens is 4. The first kappa shape index (κ1) is 22.1. The molecule has 0 aliphatic heterocycles. The van der Waals surface area contributed by atoms with Crippen molar-refractivity contribution in [3.05, 3.63) is 59.1 Å². The van der Waals surface area contributed by atoms with Gasteiger partial charge in [0.25, 0.3) is 0 Å². The summed E-state index contributed by atoms with van der Waals surface area (Å²) in [5.74, 6) is -0.777. The van der Waals surface area contributed by atoms with Gasteiger partial charge in [0.05, 0.1) is 22.2 Å². The van der Waals surface area contributed by atoms with E-state index in [9.17, 15) is 18.0 Å². The molecule has 3 rings (SSSR count). The van der Waals surface area contributed by atoms with Crippen LogP contribution < -0.4 is 5.32 Å². The number of benzene rings is 2. The number of para-hydroxylation sites is 1. The van der Waals surface area contributed by atoms with Gasteiger partial charge in [-0.3, -0.25) is 4.79 Å². The van der Waals surface area contributed by atoms with E-state index in [1.54, 1.807) is 38.1 Å². The fourth-order valence-electron chi connectivity index (χ4n) is 2.65. The summed E-state index contributed by atoms with van der Waals surface area (Å²) in [5.41, 5.74) is -0.562. The Morgan fingerprint density at radius 1 is 1.13 bits per heavy atom. The van der Waals surface area contributed by atoms with Crippen molar-refractivity contribution in [2.75, 3.05) is 5.32 Å². The zero-order chi connectivity index (χ0) is 21.9. The Morgan fingerprint density at radius 3 is 2.43 bits per heavy atom. The maximum absolute atomic E-state index is 13.2. The van der Waals surface area contributed by atoms with Crippen LogP contribution in [0.5, 0.6) is 0 Å². The number of hydrogen-bond acceptors (Lipinski definition) is 5. The normalized spacial score (nSPS) is 12.8. The molecular weight excluding hydrogens is 439 g/mol. The predicted octanol–water partition coefficient (Wildman–Crippen LogP) is 5.09. The van der Waals surface area contributed by atoms with E-state index in [2.05, 4.69) is 20.8 Å². The van der Waals surface area contributed by atoms with Crippen LogP contribution in [0, 0.1) is 5.92 Å². The molecule has 0 bridgehead atoms. The molecule has 0 aliphatic carbocycles. The lowest BCUT2D eigenvalue weighted by Gasteiger charge is -2.20. The van der Waals surface area contributed by atoms with Crippen LogP contribution in [0.3, 0.4) is 0 Å². The Labute approximate surface area is 179 Å². The number of thioether (sulfide) groups is 1. The van der Waals surface area contributed by atoms with Crippen molar-refractivity contribution in [3.8, 4) is 5.69 Å². The maximum Gasteiger partial charge on any atom is 0.418 e. The van der Waals surface area contributed by atoms with Crippen molar-refractivity contribution in [3.63, 3.8) is 0 Å². The largest absolute Gasteiger partial charge is 0.418 e. The monoisotopic (exact) mass is 455 g/mol. The first-order valence-electron chi connectivity index (χ1n) is 8.85. The molecule has 1 heterocycles. The molecule has 0 radical (unpaired) electrons. The molecule has 1 aromatic heterocycles. The number of halogens is 4. The van der Waals surface area contributed by atoms with Gasteiger partial charge in [-0.05, 0) is 52.7 Å². The zero-order valence-corrected chi connectivity index (χ0v) is 17.5. The number of anilines is 1. The minimum atomic E-state index is -4.58. The predicted molar refractivity (Wildman–Crippen MR) is 109 cm³/mol. The molecule has 0 aliphatic rings. The fraction of sp³-hybridized carbons (Fsp3) is 0.263. The third kappa shape index (κ3) is 5.11. The van der Waals surface area contributed by atoms with E-state index >= 15 is 0 Å². The van der Waals surface area contributed by atoms with E-state index in [-0.39, 0.29) is 11.6 Å². The van der Waals surface area contributed by atoms with Gasteiger partial charge in [0, 0.05) is 5.02 Å². The van der Waals surface area contributed by atoms with Crippen LogP contribution >= 0.6 is 23.4 Å². The summed E-state index contributed by atoms with van der Waals surface area (Å²) in [7, 11) is 0. The molecule has 1 N–H and O–H groups in total. The lowest BCUT2D eigenvalue weighted by atomic mass is 10.1. The third-order valence-electron chi connectivity index (χ3n) is 4.10. The highest BCUT2D eigenvalue weighted by Gasteiger charge is 2.35. The number of amides is 1. The maximum atomic E-state index is 13.2. The van der Waals surface area contributed by atoms with Crippen molar-refractivity contribution in [2.24, 2.45) is 5.92 Å². The number of nitrogens with zero attached hydrogens (tertiary/aromatic N) is 4. The van der Waals surface area contributed by atoms with Gasteiger partial charge in [-0.1, -0.05) is 49.3 Å². The van der Waals surface area contributed by atoms with Gasteiger partial charge in [-0.15, -0.1) is 5.10 Å². The number of rotatable bonds is 6. The number of tetrazole rings is 1. The molecule has 1 unspecified atom stereocenters. The van der Waals surface area contributed by atoms with Crippen molar-refractivity contribution >= 4 is 35.0 Å². The highest BCUT2D eigenvalue weighted by atomic mass is 35.5. The molecule has 158 valence electrons. The molecule has 30 heavy (non-hydrogen) atoms. The van der Waals surface area contributed by atoms with Crippen LogP contribution in [0.1, 0.15) is 19.4 Å². The first-order valence-corrected chi connectivity index (χ1v) is 10.1. The standard InChI is InChI=1S/C19H17ClF3N5OS/c1-11(2)16(17(29)24-15-6-4-3-5-14(15)19(21,22)23)30-18-25-26-27-28(18)13-9-7-12(20)8-10-13/h3-11,16H,1-2H3,(H,24,29). The minimum Gasteiger partial charge on any atom is -0.325 e. The summed E-state index contributed by atoms with van der Waals surface area (Å²) in [6, 6.07) is 11.6. The number of carbonyl (C=O) groups is 1. The molecule has 6 nitrogen and oxygen atoms in total. The fourth-order valence-corrected chi connectivity index (χ4v) is 3.76. The van der Waals surface area contributed by atoms with Crippen LogP contribution in [-0.4, -0.2) is 31.4 Å². The molecule has 0 spiro atoms. The van der Waals surface area contributed by atoms with Gasteiger partial charge >= 0.3 is 6.18 Å². The van der Waals surface area contributed by atoms with E-state index in [0.29, 0.717) is 15.9 Å². The average Bonchev–Trinajstić information content (AvgIpc) is 3.14. The van der Waals surface area contributed by atoms with Crippen molar-refractivity contribution in [1.82, 2.24) is 20.2 Å². The lowest BCUT2D eigenvalue weighted by Crippen LogP contribution is -2.30. The zero-order valence-electron chi connectivity index (χ0n) is 15.9.